The summed E-state index contributed by atoms with van der Waals surface area (Å²) in [7, 11) is 3.20. The molecule has 2 aromatic heterocycles. The van der Waals surface area contributed by atoms with Gasteiger partial charge >= 0.3 is 0 Å². The van der Waals surface area contributed by atoms with Crippen LogP contribution in [-0.2, 0) is 16.1 Å². The smallest absolute Gasteiger partial charge is 0.252 e. The number of amides is 1. The summed E-state index contributed by atoms with van der Waals surface area (Å²) in [5, 5.41) is 5.95. The molecule has 0 saturated heterocycles. The van der Waals surface area contributed by atoms with Crippen LogP contribution in [-0.4, -0.2) is 36.7 Å². The van der Waals surface area contributed by atoms with E-state index in [0.29, 0.717) is 22.3 Å². The molecule has 4 aromatic rings. The first-order valence-corrected chi connectivity index (χ1v) is 10.8. The molecule has 2 heterocycles. The summed E-state index contributed by atoms with van der Waals surface area (Å²) in [5.41, 5.74) is 2.43. The van der Waals surface area contributed by atoms with Crippen LogP contribution < -0.4 is 14.8 Å². The topological polar surface area (TPSA) is 82.6 Å². The summed E-state index contributed by atoms with van der Waals surface area (Å²) in [5.74, 6) is 1.11. The lowest BCUT2D eigenvalue weighted by atomic mass is 10.1. The van der Waals surface area contributed by atoms with Gasteiger partial charge in [-0.15, -0.1) is 22.7 Å². The Labute approximate surface area is 181 Å². The van der Waals surface area contributed by atoms with Gasteiger partial charge in [0.2, 0.25) is 0 Å². The number of aromatic nitrogens is 2. The van der Waals surface area contributed by atoms with E-state index in [1.54, 1.807) is 25.6 Å². The highest BCUT2D eigenvalue weighted by Gasteiger charge is 2.13. The van der Waals surface area contributed by atoms with Gasteiger partial charge < -0.3 is 14.2 Å². The van der Waals surface area contributed by atoms with E-state index in [4.69, 9.17) is 14.2 Å². The van der Waals surface area contributed by atoms with Gasteiger partial charge in [0.15, 0.2) is 5.13 Å². The van der Waals surface area contributed by atoms with Crippen molar-refractivity contribution in [2.24, 2.45) is 0 Å². The molecule has 30 heavy (non-hydrogen) atoms. The molecule has 0 aliphatic carbocycles. The van der Waals surface area contributed by atoms with Crippen molar-refractivity contribution in [3.8, 4) is 22.8 Å². The number of methoxy groups -OCH3 is 2. The van der Waals surface area contributed by atoms with Crippen LogP contribution in [0.4, 0.5) is 5.13 Å². The Hall–Kier alpha value is -3.01. The van der Waals surface area contributed by atoms with Gasteiger partial charge in [-0.25, -0.2) is 9.97 Å². The van der Waals surface area contributed by atoms with Crippen LogP contribution in [0.2, 0.25) is 0 Å². The van der Waals surface area contributed by atoms with Crippen LogP contribution in [0.25, 0.3) is 21.5 Å². The lowest BCUT2D eigenvalue weighted by Gasteiger charge is -2.08. The predicted molar refractivity (Wildman–Crippen MR) is 119 cm³/mol. The molecule has 1 N–H and O–H groups in total. The van der Waals surface area contributed by atoms with Crippen LogP contribution in [0.5, 0.6) is 11.5 Å². The van der Waals surface area contributed by atoms with E-state index in [0.717, 1.165) is 20.8 Å². The number of thiazole rings is 2. The third-order valence-corrected chi connectivity index (χ3v) is 6.00. The Balaban J connectivity index is 1.35. The Kier molecular flexibility index (Phi) is 6.22. The van der Waals surface area contributed by atoms with Crippen LogP contribution in [0, 0.1) is 0 Å². The maximum Gasteiger partial charge on any atom is 0.252 e. The Morgan fingerprint density at radius 2 is 1.97 bits per heavy atom. The summed E-state index contributed by atoms with van der Waals surface area (Å²) < 4.78 is 17.3. The highest BCUT2D eigenvalue weighted by Crippen LogP contribution is 2.35. The van der Waals surface area contributed by atoms with Crippen molar-refractivity contribution in [2.45, 2.75) is 6.61 Å². The SMILES string of the molecule is COc1ccc(OC)c(-c2csc(NC(=O)COCc3nc4ccccc4s3)n2)c1. The number of ether oxygens (including phenoxy) is 3. The van der Waals surface area contributed by atoms with E-state index in [1.165, 1.54) is 11.3 Å². The van der Waals surface area contributed by atoms with Gasteiger partial charge in [-0.2, -0.15) is 0 Å². The number of fused-ring (bicyclic) bond motifs is 1. The molecule has 0 bridgehead atoms. The Morgan fingerprint density at radius 1 is 1.10 bits per heavy atom. The second kappa shape index (κ2) is 9.21. The van der Waals surface area contributed by atoms with E-state index >= 15 is 0 Å². The zero-order valence-electron chi connectivity index (χ0n) is 16.4. The van der Waals surface area contributed by atoms with Crippen LogP contribution in [0.15, 0.2) is 47.8 Å². The number of hydrogen-bond acceptors (Lipinski definition) is 8. The minimum Gasteiger partial charge on any atom is -0.497 e. The van der Waals surface area contributed by atoms with Crippen LogP contribution in [0.1, 0.15) is 5.01 Å². The average Bonchev–Trinajstić information content (AvgIpc) is 3.39. The number of anilines is 1. The fourth-order valence-corrected chi connectivity index (χ4v) is 4.47. The third kappa shape index (κ3) is 4.59. The second-order valence-corrected chi connectivity index (χ2v) is 8.19. The van der Waals surface area contributed by atoms with Crippen molar-refractivity contribution in [3.05, 3.63) is 52.9 Å². The molecule has 1 amide bonds. The molecule has 0 fully saturated rings. The Morgan fingerprint density at radius 3 is 2.77 bits per heavy atom. The molecule has 0 unspecified atom stereocenters. The van der Waals surface area contributed by atoms with E-state index in [1.807, 2.05) is 47.8 Å². The lowest BCUT2D eigenvalue weighted by Crippen LogP contribution is -2.18. The first-order chi connectivity index (χ1) is 14.7. The zero-order valence-corrected chi connectivity index (χ0v) is 18.0. The van der Waals surface area contributed by atoms with E-state index < -0.39 is 0 Å². The second-order valence-electron chi connectivity index (χ2n) is 6.22. The number of para-hydroxylation sites is 1. The monoisotopic (exact) mass is 441 g/mol. The van der Waals surface area contributed by atoms with Crippen molar-refractivity contribution in [2.75, 3.05) is 26.1 Å². The summed E-state index contributed by atoms with van der Waals surface area (Å²) in [6.45, 7) is 0.213. The molecule has 154 valence electrons. The molecule has 0 radical (unpaired) electrons. The number of carbonyl (C=O) groups is 1. The third-order valence-electron chi connectivity index (χ3n) is 4.23. The largest absolute Gasteiger partial charge is 0.497 e. The summed E-state index contributed by atoms with van der Waals surface area (Å²) >= 11 is 2.89. The summed E-state index contributed by atoms with van der Waals surface area (Å²) in [6.07, 6.45) is 0. The van der Waals surface area contributed by atoms with E-state index in [9.17, 15) is 4.79 Å². The maximum atomic E-state index is 12.2. The van der Waals surface area contributed by atoms with Crippen LogP contribution in [0.3, 0.4) is 0 Å². The van der Waals surface area contributed by atoms with Crippen molar-refractivity contribution in [1.82, 2.24) is 9.97 Å². The fourth-order valence-electron chi connectivity index (χ4n) is 2.84. The quantitative estimate of drug-likeness (QED) is 0.431. The van der Waals surface area contributed by atoms with Gasteiger partial charge in [0, 0.05) is 10.9 Å². The van der Waals surface area contributed by atoms with Gasteiger partial charge in [-0.05, 0) is 30.3 Å². The number of nitrogens with zero attached hydrogens (tertiary/aromatic N) is 2. The molecule has 0 atom stereocenters. The first kappa shape index (κ1) is 20.3. The number of carbonyl (C=O) groups excluding carboxylic acids is 1. The standard InChI is InChI=1S/C21H19N3O4S2/c1-26-13-7-8-17(27-2)14(9-13)16-12-29-21(23-16)24-19(25)10-28-11-20-22-15-5-3-4-6-18(15)30-20/h3-9,12H,10-11H2,1-2H3,(H,23,24,25). The van der Waals surface area contributed by atoms with Gasteiger partial charge in [0.05, 0.1) is 36.7 Å². The normalized spacial score (nSPS) is 10.9. The molecule has 9 heteroatoms. The van der Waals surface area contributed by atoms with Gasteiger partial charge in [0.1, 0.15) is 23.1 Å². The maximum absolute atomic E-state index is 12.2. The highest BCUT2D eigenvalue weighted by molar-refractivity contribution is 7.18. The molecule has 0 spiro atoms. The number of rotatable bonds is 8. The van der Waals surface area contributed by atoms with Crippen molar-refractivity contribution in [3.63, 3.8) is 0 Å². The molecular weight excluding hydrogens is 422 g/mol. The molecule has 2 aromatic carbocycles. The molecule has 0 aliphatic heterocycles. The predicted octanol–water partition coefficient (Wildman–Crippen LogP) is 4.59. The van der Waals surface area contributed by atoms with Crippen molar-refractivity contribution < 1.29 is 19.0 Å². The average molecular weight is 442 g/mol. The Bertz CT molecular complexity index is 1140. The number of benzene rings is 2. The van der Waals surface area contributed by atoms with Gasteiger partial charge in [0.25, 0.3) is 5.91 Å². The minimum absolute atomic E-state index is 0.0761. The molecule has 0 saturated carbocycles. The summed E-state index contributed by atoms with van der Waals surface area (Å²) in [6, 6.07) is 13.4. The van der Waals surface area contributed by atoms with E-state index in [2.05, 4.69) is 15.3 Å². The molecule has 0 aliphatic rings. The minimum atomic E-state index is -0.269. The van der Waals surface area contributed by atoms with Crippen LogP contribution >= 0.6 is 22.7 Å². The highest BCUT2D eigenvalue weighted by atomic mass is 32.1. The lowest BCUT2D eigenvalue weighted by molar-refractivity contribution is -0.121. The van der Waals surface area contributed by atoms with Gasteiger partial charge in [-0.3, -0.25) is 10.1 Å². The molecular formula is C21H19N3O4S2. The van der Waals surface area contributed by atoms with E-state index in [-0.39, 0.29) is 19.1 Å². The number of nitrogens with one attached hydrogen (secondary N) is 1. The fraction of sp³-hybridized carbons (Fsp3) is 0.190. The van der Waals surface area contributed by atoms with Crippen molar-refractivity contribution in [1.29, 1.82) is 0 Å². The van der Waals surface area contributed by atoms with Crippen molar-refractivity contribution >= 4 is 43.9 Å². The summed E-state index contributed by atoms with van der Waals surface area (Å²) in [4.78, 5) is 21.2. The van der Waals surface area contributed by atoms with Gasteiger partial charge in [-0.1, -0.05) is 12.1 Å². The first-order valence-electron chi connectivity index (χ1n) is 9.06. The molecule has 4 rings (SSSR count). The number of hydrogen-bond donors (Lipinski definition) is 1. The molecule has 7 nitrogen and oxygen atoms in total. The zero-order chi connectivity index (χ0) is 20.9.